The van der Waals surface area contributed by atoms with E-state index in [1.54, 1.807) is 11.8 Å². The molecule has 2 aromatic carbocycles. The Morgan fingerprint density at radius 1 is 1.00 bits per heavy atom. The highest BCUT2D eigenvalue weighted by atomic mass is 32.2. The molecule has 0 saturated heterocycles. The molecule has 3 heteroatoms. The zero-order chi connectivity index (χ0) is 13.5. The van der Waals surface area contributed by atoms with Gasteiger partial charge in [-0.3, -0.25) is 4.79 Å². The zero-order valence-electron chi connectivity index (χ0n) is 10.5. The van der Waals surface area contributed by atoms with Gasteiger partial charge in [-0.25, -0.2) is 0 Å². The molecule has 2 rings (SSSR count). The van der Waals surface area contributed by atoms with E-state index in [9.17, 15) is 4.79 Å². The maximum Gasteiger partial charge on any atom is 0.304 e. The average Bonchev–Trinajstić information content (AvgIpc) is 2.45. The van der Waals surface area contributed by atoms with Crippen molar-refractivity contribution < 1.29 is 9.90 Å². The van der Waals surface area contributed by atoms with Gasteiger partial charge in [0.1, 0.15) is 0 Å². The smallest absolute Gasteiger partial charge is 0.304 e. The van der Waals surface area contributed by atoms with Crippen LogP contribution in [0, 0.1) is 0 Å². The molecule has 0 aromatic heterocycles. The highest BCUT2D eigenvalue weighted by Crippen LogP contribution is 2.34. The molecule has 0 fully saturated rings. The Balaban J connectivity index is 2.04. The van der Waals surface area contributed by atoms with Crippen LogP contribution in [0.5, 0.6) is 0 Å². The lowest BCUT2D eigenvalue weighted by molar-refractivity contribution is -0.137. The van der Waals surface area contributed by atoms with E-state index >= 15 is 0 Å². The molecule has 0 aliphatic heterocycles. The molecular weight excluding hydrogens is 256 g/mol. The lowest BCUT2D eigenvalue weighted by Crippen LogP contribution is -2.03. The summed E-state index contributed by atoms with van der Waals surface area (Å²) in [5.74, 6) is 0.0719. The van der Waals surface area contributed by atoms with Crippen molar-refractivity contribution in [3.05, 3.63) is 71.8 Å². The summed E-state index contributed by atoms with van der Waals surface area (Å²) in [4.78, 5) is 11.0. The molecule has 0 amide bonds. The van der Waals surface area contributed by atoms with Crippen LogP contribution in [0.3, 0.4) is 0 Å². The number of rotatable bonds is 6. The maximum absolute atomic E-state index is 11.0. The number of carboxylic acids is 1. The Kier molecular flexibility index (Phi) is 5.04. The minimum Gasteiger partial charge on any atom is -0.481 e. The molecule has 0 bridgehead atoms. The Labute approximate surface area is 117 Å². The van der Waals surface area contributed by atoms with Crippen molar-refractivity contribution in [3.8, 4) is 0 Å². The quantitative estimate of drug-likeness (QED) is 0.859. The van der Waals surface area contributed by atoms with Gasteiger partial charge >= 0.3 is 5.97 Å². The van der Waals surface area contributed by atoms with Gasteiger partial charge < -0.3 is 5.11 Å². The number of benzene rings is 2. The number of carbonyl (C=O) groups is 1. The van der Waals surface area contributed by atoms with Crippen LogP contribution < -0.4 is 0 Å². The minimum atomic E-state index is -0.755. The van der Waals surface area contributed by atoms with Crippen LogP contribution in [-0.4, -0.2) is 11.1 Å². The van der Waals surface area contributed by atoms with Crippen LogP contribution in [0.25, 0.3) is 0 Å². The monoisotopic (exact) mass is 272 g/mol. The van der Waals surface area contributed by atoms with Gasteiger partial charge in [0.25, 0.3) is 0 Å². The van der Waals surface area contributed by atoms with Gasteiger partial charge in [-0.05, 0) is 11.1 Å². The molecule has 98 valence electrons. The van der Waals surface area contributed by atoms with E-state index in [4.69, 9.17) is 5.11 Å². The van der Waals surface area contributed by atoms with Gasteiger partial charge in [0.05, 0.1) is 6.42 Å². The lowest BCUT2D eigenvalue weighted by atomic mass is 10.1. The first-order chi connectivity index (χ1) is 9.25. The highest BCUT2D eigenvalue weighted by Gasteiger charge is 2.15. The average molecular weight is 272 g/mol. The van der Waals surface area contributed by atoms with E-state index in [2.05, 4.69) is 12.1 Å². The van der Waals surface area contributed by atoms with Crippen molar-refractivity contribution in [1.82, 2.24) is 0 Å². The van der Waals surface area contributed by atoms with Crippen molar-refractivity contribution >= 4 is 17.7 Å². The molecule has 1 N–H and O–H groups in total. The third kappa shape index (κ3) is 4.45. The normalized spacial score (nSPS) is 12.0. The Morgan fingerprint density at radius 3 is 2.16 bits per heavy atom. The number of thioether (sulfide) groups is 1. The number of hydrogen-bond acceptors (Lipinski definition) is 2. The third-order valence-corrected chi connectivity index (χ3v) is 4.17. The van der Waals surface area contributed by atoms with Crippen LogP contribution in [0.1, 0.15) is 22.8 Å². The second kappa shape index (κ2) is 7.00. The molecule has 19 heavy (non-hydrogen) atoms. The second-order valence-electron chi connectivity index (χ2n) is 4.29. The van der Waals surface area contributed by atoms with Crippen LogP contribution in [0.2, 0.25) is 0 Å². The fraction of sp³-hybridized carbons (Fsp3) is 0.188. The number of hydrogen-bond donors (Lipinski definition) is 1. The van der Waals surface area contributed by atoms with E-state index < -0.39 is 5.97 Å². The topological polar surface area (TPSA) is 37.3 Å². The molecule has 2 aromatic rings. The van der Waals surface area contributed by atoms with Crippen molar-refractivity contribution in [2.24, 2.45) is 0 Å². The summed E-state index contributed by atoms with van der Waals surface area (Å²) in [6.45, 7) is 0. The van der Waals surface area contributed by atoms with Gasteiger partial charge in [-0.2, -0.15) is 0 Å². The molecule has 0 unspecified atom stereocenters. The Hall–Kier alpha value is -1.74. The number of carboxylic acid groups (broad SMARTS) is 1. The number of aliphatic carboxylic acids is 1. The maximum atomic E-state index is 11.0. The summed E-state index contributed by atoms with van der Waals surface area (Å²) in [6.07, 6.45) is 0.154. The standard InChI is InChI=1S/C16H16O2S/c17-16(18)11-15(14-9-5-2-6-10-14)19-12-13-7-3-1-4-8-13/h1-10,15H,11-12H2,(H,17,18)/t15-/m0/s1. The molecule has 0 heterocycles. The molecule has 0 radical (unpaired) electrons. The Morgan fingerprint density at radius 2 is 1.58 bits per heavy atom. The molecule has 0 saturated carbocycles. The van der Waals surface area contributed by atoms with E-state index in [1.165, 1.54) is 5.56 Å². The Bertz CT molecular complexity index is 511. The fourth-order valence-corrected chi connectivity index (χ4v) is 3.07. The SMILES string of the molecule is O=C(O)C[C@H](SCc1ccccc1)c1ccccc1. The molecular formula is C16H16O2S. The predicted octanol–water partition coefficient (Wildman–Crippen LogP) is 4.14. The van der Waals surface area contributed by atoms with Crippen LogP contribution in [0.4, 0.5) is 0 Å². The van der Waals surface area contributed by atoms with Crippen molar-refractivity contribution in [2.45, 2.75) is 17.4 Å². The van der Waals surface area contributed by atoms with Gasteiger partial charge in [-0.1, -0.05) is 60.7 Å². The second-order valence-corrected chi connectivity index (χ2v) is 5.48. The van der Waals surface area contributed by atoms with Crippen molar-refractivity contribution in [3.63, 3.8) is 0 Å². The van der Waals surface area contributed by atoms with E-state index in [0.29, 0.717) is 0 Å². The summed E-state index contributed by atoms with van der Waals surface area (Å²) >= 11 is 1.68. The summed E-state index contributed by atoms with van der Waals surface area (Å²) in [7, 11) is 0. The van der Waals surface area contributed by atoms with E-state index in [1.807, 2.05) is 48.5 Å². The molecule has 0 aliphatic rings. The predicted molar refractivity (Wildman–Crippen MR) is 79.2 cm³/mol. The molecule has 1 atom stereocenters. The molecule has 2 nitrogen and oxygen atoms in total. The van der Waals surface area contributed by atoms with Crippen molar-refractivity contribution in [1.29, 1.82) is 0 Å². The van der Waals surface area contributed by atoms with Crippen molar-refractivity contribution in [2.75, 3.05) is 0 Å². The summed E-state index contributed by atoms with van der Waals surface area (Å²) in [5, 5.41) is 9.03. The lowest BCUT2D eigenvalue weighted by Gasteiger charge is -2.15. The molecule has 0 aliphatic carbocycles. The highest BCUT2D eigenvalue weighted by molar-refractivity contribution is 7.98. The summed E-state index contributed by atoms with van der Waals surface area (Å²) in [5.41, 5.74) is 2.30. The van der Waals surface area contributed by atoms with E-state index in [0.717, 1.165) is 11.3 Å². The summed E-state index contributed by atoms with van der Waals surface area (Å²) < 4.78 is 0. The fourth-order valence-electron chi connectivity index (χ4n) is 1.87. The van der Waals surface area contributed by atoms with Crippen LogP contribution in [-0.2, 0) is 10.5 Å². The first-order valence-corrected chi connectivity index (χ1v) is 7.23. The van der Waals surface area contributed by atoms with Crippen LogP contribution >= 0.6 is 11.8 Å². The summed E-state index contributed by atoms with van der Waals surface area (Å²) in [6, 6.07) is 20.0. The first-order valence-electron chi connectivity index (χ1n) is 6.18. The molecule has 0 spiro atoms. The van der Waals surface area contributed by atoms with Gasteiger partial charge in [0.2, 0.25) is 0 Å². The van der Waals surface area contributed by atoms with Gasteiger partial charge in [0, 0.05) is 11.0 Å². The zero-order valence-corrected chi connectivity index (χ0v) is 11.3. The van der Waals surface area contributed by atoms with E-state index in [-0.39, 0.29) is 11.7 Å². The van der Waals surface area contributed by atoms with Crippen LogP contribution in [0.15, 0.2) is 60.7 Å². The first kappa shape index (κ1) is 13.7. The van der Waals surface area contributed by atoms with Gasteiger partial charge in [-0.15, -0.1) is 11.8 Å². The minimum absolute atomic E-state index is 0.00101. The van der Waals surface area contributed by atoms with Gasteiger partial charge in [0.15, 0.2) is 0 Å². The third-order valence-electron chi connectivity index (χ3n) is 2.83. The largest absolute Gasteiger partial charge is 0.481 e.